The molecule has 0 bridgehead atoms. The fraction of sp³-hybridized carbons (Fsp3) is 0.118. The van der Waals surface area contributed by atoms with Crippen molar-refractivity contribution in [1.29, 1.82) is 0 Å². The Morgan fingerprint density at radius 3 is 2.50 bits per heavy atom. The molecule has 0 aliphatic carbocycles. The highest BCUT2D eigenvalue weighted by molar-refractivity contribution is 7.80. The summed E-state index contributed by atoms with van der Waals surface area (Å²) in [5.41, 5.74) is 3.00. The van der Waals surface area contributed by atoms with Crippen LogP contribution in [-0.4, -0.2) is 12.2 Å². The summed E-state index contributed by atoms with van der Waals surface area (Å²) in [6.45, 7) is 0. The van der Waals surface area contributed by atoms with Crippen LogP contribution in [0.2, 0.25) is 5.02 Å². The van der Waals surface area contributed by atoms with Crippen LogP contribution in [0, 0.1) is 0 Å². The molecule has 1 unspecified atom stereocenters. The van der Waals surface area contributed by atoms with Crippen molar-refractivity contribution < 1.29 is 4.74 Å². The molecule has 0 aromatic heterocycles. The standard InChI is InChI=1S/C17H15ClN2OS/c1-21-12-8-6-11(7-9-12)15-10-16(20-17(22)19-15)13-4-2-3-5-14(13)18/h2-10,16H,1H3,(H2,19,20,22). The Morgan fingerprint density at radius 2 is 1.82 bits per heavy atom. The molecule has 3 rings (SSSR count). The van der Waals surface area contributed by atoms with Crippen LogP contribution < -0.4 is 15.4 Å². The fourth-order valence-corrected chi connectivity index (χ4v) is 2.87. The first kappa shape index (κ1) is 14.9. The van der Waals surface area contributed by atoms with E-state index < -0.39 is 0 Å². The van der Waals surface area contributed by atoms with Crippen LogP contribution in [0.1, 0.15) is 17.2 Å². The Labute approximate surface area is 139 Å². The molecule has 3 nitrogen and oxygen atoms in total. The zero-order valence-electron chi connectivity index (χ0n) is 12.0. The zero-order valence-corrected chi connectivity index (χ0v) is 13.5. The number of hydrogen-bond acceptors (Lipinski definition) is 2. The molecule has 1 atom stereocenters. The average Bonchev–Trinajstić information content (AvgIpc) is 2.55. The van der Waals surface area contributed by atoms with Crippen molar-refractivity contribution in [2.45, 2.75) is 6.04 Å². The summed E-state index contributed by atoms with van der Waals surface area (Å²) in [6, 6.07) is 15.5. The van der Waals surface area contributed by atoms with Crippen molar-refractivity contribution in [2.75, 3.05) is 7.11 Å². The van der Waals surface area contributed by atoms with Gasteiger partial charge in [-0.1, -0.05) is 29.8 Å². The Morgan fingerprint density at radius 1 is 1.09 bits per heavy atom. The molecule has 2 aromatic rings. The van der Waals surface area contributed by atoms with E-state index in [1.54, 1.807) is 7.11 Å². The van der Waals surface area contributed by atoms with Crippen LogP contribution >= 0.6 is 23.8 Å². The molecule has 1 heterocycles. The molecule has 2 aromatic carbocycles. The van der Waals surface area contributed by atoms with Crippen LogP contribution in [0.25, 0.3) is 5.70 Å². The van der Waals surface area contributed by atoms with E-state index in [2.05, 4.69) is 16.7 Å². The quantitative estimate of drug-likeness (QED) is 0.836. The maximum atomic E-state index is 6.29. The van der Waals surface area contributed by atoms with Gasteiger partial charge in [0.2, 0.25) is 0 Å². The molecular weight excluding hydrogens is 316 g/mol. The number of methoxy groups -OCH3 is 1. The van der Waals surface area contributed by atoms with Crippen molar-refractivity contribution >= 4 is 34.6 Å². The van der Waals surface area contributed by atoms with Gasteiger partial charge in [0.1, 0.15) is 5.75 Å². The van der Waals surface area contributed by atoms with Crippen LogP contribution in [0.3, 0.4) is 0 Å². The Hall–Kier alpha value is -2.04. The van der Waals surface area contributed by atoms with Gasteiger partial charge in [-0.2, -0.15) is 0 Å². The molecule has 0 saturated heterocycles. The monoisotopic (exact) mass is 330 g/mol. The zero-order chi connectivity index (χ0) is 15.5. The molecule has 1 aliphatic rings. The smallest absolute Gasteiger partial charge is 0.171 e. The molecule has 0 saturated carbocycles. The predicted molar refractivity (Wildman–Crippen MR) is 94.0 cm³/mol. The summed E-state index contributed by atoms with van der Waals surface area (Å²) in [7, 11) is 1.65. The third kappa shape index (κ3) is 3.08. The lowest BCUT2D eigenvalue weighted by atomic mass is 10.0. The van der Waals surface area contributed by atoms with Crippen molar-refractivity contribution in [3.63, 3.8) is 0 Å². The van der Waals surface area contributed by atoms with Gasteiger partial charge in [-0.15, -0.1) is 0 Å². The van der Waals surface area contributed by atoms with Crippen LogP contribution in [0.15, 0.2) is 54.6 Å². The van der Waals surface area contributed by atoms with Gasteiger partial charge >= 0.3 is 0 Å². The molecule has 22 heavy (non-hydrogen) atoms. The van der Waals surface area contributed by atoms with Gasteiger partial charge in [-0.3, -0.25) is 0 Å². The number of rotatable bonds is 3. The maximum absolute atomic E-state index is 6.29. The number of hydrogen-bond donors (Lipinski definition) is 2. The number of ether oxygens (including phenoxy) is 1. The summed E-state index contributed by atoms with van der Waals surface area (Å²) in [5.74, 6) is 0.823. The highest BCUT2D eigenvalue weighted by atomic mass is 35.5. The molecule has 2 N–H and O–H groups in total. The SMILES string of the molecule is COc1ccc(C2=CC(c3ccccc3Cl)NC(=S)N2)cc1. The third-order valence-corrected chi connectivity index (χ3v) is 4.07. The Balaban J connectivity index is 1.96. The van der Waals surface area contributed by atoms with E-state index in [0.717, 1.165) is 27.6 Å². The van der Waals surface area contributed by atoms with Crippen LogP contribution in [-0.2, 0) is 0 Å². The minimum Gasteiger partial charge on any atom is -0.497 e. The van der Waals surface area contributed by atoms with Gasteiger partial charge in [-0.05, 0) is 59.8 Å². The molecule has 0 radical (unpaired) electrons. The van der Waals surface area contributed by atoms with Gasteiger partial charge in [0.05, 0.1) is 13.2 Å². The second kappa shape index (κ2) is 6.38. The molecule has 112 valence electrons. The van der Waals surface area contributed by atoms with E-state index in [4.69, 9.17) is 28.6 Å². The summed E-state index contributed by atoms with van der Waals surface area (Å²) >= 11 is 11.6. The van der Waals surface area contributed by atoms with Crippen molar-refractivity contribution in [3.8, 4) is 5.75 Å². The van der Waals surface area contributed by atoms with Gasteiger partial charge in [0, 0.05) is 10.7 Å². The summed E-state index contributed by atoms with van der Waals surface area (Å²) in [5, 5.41) is 7.72. The number of halogens is 1. The lowest BCUT2D eigenvalue weighted by Gasteiger charge is -2.27. The van der Waals surface area contributed by atoms with Gasteiger partial charge < -0.3 is 15.4 Å². The Kier molecular flexibility index (Phi) is 4.32. The number of benzene rings is 2. The first-order chi connectivity index (χ1) is 10.7. The van der Waals surface area contributed by atoms with Crippen LogP contribution in [0.4, 0.5) is 0 Å². The number of thiocarbonyl (C=S) groups is 1. The molecule has 0 amide bonds. The second-order valence-corrected chi connectivity index (χ2v) is 5.72. The minimum atomic E-state index is -0.0560. The summed E-state index contributed by atoms with van der Waals surface area (Å²) in [4.78, 5) is 0. The molecule has 5 heteroatoms. The highest BCUT2D eigenvalue weighted by Crippen LogP contribution is 2.28. The second-order valence-electron chi connectivity index (χ2n) is 4.91. The minimum absolute atomic E-state index is 0.0560. The van der Waals surface area contributed by atoms with E-state index in [0.29, 0.717) is 5.11 Å². The third-order valence-electron chi connectivity index (χ3n) is 3.51. The van der Waals surface area contributed by atoms with Crippen molar-refractivity contribution in [3.05, 3.63) is 70.8 Å². The lowest BCUT2D eigenvalue weighted by Crippen LogP contribution is -2.40. The van der Waals surface area contributed by atoms with E-state index in [-0.39, 0.29) is 6.04 Å². The van der Waals surface area contributed by atoms with E-state index >= 15 is 0 Å². The van der Waals surface area contributed by atoms with E-state index in [1.165, 1.54) is 0 Å². The van der Waals surface area contributed by atoms with E-state index in [1.807, 2.05) is 48.5 Å². The lowest BCUT2D eigenvalue weighted by molar-refractivity contribution is 0.415. The first-order valence-electron chi connectivity index (χ1n) is 6.85. The first-order valence-corrected chi connectivity index (χ1v) is 7.64. The predicted octanol–water partition coefficient (Wildman–Crippen LogP) is 3.91. The van der Waals surface area contributed by atoms with Gasteiger partial charge in [-0.25, -0.2) is 0 Å². The normalized spacial score (nSPS) is 17.3. The van der Waals surface area contributed by atoms with Gasteiger partial charge in [0.15, 0.2) is 5.11 Å². The molecule has 1 aliphatic heterocycles. The topological polar surface area (TPSA) is 33.3 Å². The largest absolute Gasteiger partial charge is 0.497 e. The van der Waals surface area contributed by atoms with Crippen LogP contribution in [0.5, 0.6) is 5.75 Å². The van der Waals surface area contributed by atoms with E-state index in [9.17, 15) is 0 Å². The Bertz CT molecular complexity index is 728. The average molecular weight is 331 g/mol. The summed E-state index contributed by atoms with van der Waals surface area (Å²) in [6.07, 6.45) is 2.08. The fourth-order valence-electron chi connectivity index (χ4n) is 2.38. The molecule has 0 spiro atoms. The maximum Gasteiger partial charge on any atom is 0.171 e. The summed E-state index contributed by atoms with van der Waals surface area (Å²) < 4.78 is 5.19. The molecule has 0 fully saturated rings. The highest BCUT2D eigenvalue weighted by Gasteiger charge is 2.20. The van der Waals surface area contributed by atoms with Crippen molar-refractivity contribution in [1.82, 2.24) is 10.6 Å². The van der Waals surface area contributed by atoms with Crippen molar-refractivity contribution in [2.24, 2.45) is 0 Å². The molecular formula is C17H15ClN2OS. The number of nitrogens with one attached hydrogen (secondary N) is 2. The van der Waals surface area contributed by atoms with Gasteiger partial charge in [0.25, 0.3) is 0 Å².